The molecule has 0 bridgehead atoms. The van der Waals surface area contributed by atoms with Crippen LogP contribution in [0, 0.1) is 0 Å². The average molecular weight is 202 g/mol. The second-order valence-corrected chi connectivity index (χ2v) is 4.05. The molecule has 2 nitrogen and oxygen atoms in total. The molecule has 0 radical (unpaired) electrons. The highest BCUT2D eigenvalue weighted by molar-refractivity contribution is 5.55. The summed E-state index contributed by atoms with van der Waals surface area (Å²) in [5, 5.41) is 0. The lowest BCUT2D eigenvalue weighted by Crippen LogP contribution is -2.28. The first kappa shape index (κ1) is 10.2. The quantitative estimate of drug-likeness (QED) is 0.746. The van der Waals surface area contributed by atoms with Gasteiger partial charge in [0.15, 0.2) is 0 Å². The van der Waals surface area contributed by atoms with Crippen LogP contribution >= 0.6 is 0 Å². The lowest BCUT2D eigenvalue weighted by molar-refractivity contribution is 0.776. The first-order chi connectivity index (χ1) is 7.29. The average Bonchev–Trinajstić information content (AvgIpc) is 2.30. The summed E-state index contributed by atoms with van der Waals surface area (Å²) in [5.41, 5.74) is 8.51. The van der Waals surface area contributed by atoms with E-state index in [1.807, 2.05) is 6.92 Å². The van der Waals surface area contributed by atoms with Gasteiger partial charge >= 0.3 is 0 Å². The number of para-hydroxylation sites is 1. The Morgan fingerprint density at radius 1 is 1.27 bits per heavy atom. The third kappa shape index (κ3) is 2.21. The molecule has 2 heteroatoms. The highest BCUT2D eigenvalue weighted by atomic mass is 15.1. The molecule has 0 aromatic heterocycles. The number of hydrogen-bond donors (Lipinski definition) is 1. The smallest absolute Gasteiger partial charge is 0.0417 e. The van der Waals surface area contributed by atoms with Crippen LogP contribution in [-0.4, -0.2) is 13.1 Å². The molecule has 1 heterocycles. The van der Waals surface area contributed by atoms with E-state index < -0.39 is 0 Å². The van der Waals surface area contributed by atoms with Crippen LogP contribution in [0.5, 0.6) is 0 Å². The number of nitrogens with zero attached hydrogens (tertiary/aromatic N) is 1. The predicted octanol–water partition coefficient (Wildman–Crippen LogP) is 2.47. The van der Waals surface area contributed by atoms with Crippen molar-refractivity contribution in [2.24, 2.45) is 5.73 Å². The first-order valence-corrected chi connectivity index (χ1v) is 5.53. The Bertz CT molecular complexity index is 355. The molecule has 15 heavy (non-hydrogen) atoms. The fraction of sp³-hybridized carbons (Fsp3) is 0.385. The second-order valence-electron chi connectivity index (χ2n) is 4.05. The van der Waals surface area contributed by atoms with E-state index in [0.29, 0.717) is 0 Å². The van der Waals surface area contributed by atoms with Crippen molar-refractivity contribution in [3.63, 3.8) is 0 Å². The summed E-state index contributed by atoms with van der Waals surface area (Å²) >= 11 is 0. The lowest BCUT2D eigenvalue weighted by Gasteiger charge is -2.28. The van der Waals surface area contributed by atoms with E-state index in [9.17, 15) is 0 Å². The van der Waals surface area contributed by atoms with Gasteiger partial charge in [-0.05, 0) is 25.0 Å². The number of hydrogen-bond acceptors (Lipinski definition) is 2. The van der Waals surface area contributed by atoms with Gasteiger partial charge in [0.1, 0.15) is 0 Å². The van der Waals surface area contributed by atoms with Gasteiger partial charge in [0.05, 0.1) is 0 Å². The fourth-order valence-corrected chi connectivity index (χ4v) is 2.02. The summed E-state index contributed by atoms with van der Waals surface area (Å²) in [6.07, 6.45) is 5.60. The summed E-state index contributed by atoms with van der Waals surface area (Å²) < 4.78 is 0. The normalized spacial score (nSPS) is 17.9. The van der Waals surface area contributed by atoms with Crippen LogP contribution in [0.25, 0.3) is 0 Å². The van der Waals surface area contributed by atoms with E-state index in [1.54, 1.807) is 0 Å². The molecular weight excluding hydrogens is 184 g/mol. The number of rotatable bonds is 2. The number of nitrogens with two attached hydrogens (primary N) is 1. The molecule has 0 fully saturated rings. The third-order valence-electron chi connectivity index (χ3n) is 2.83. The first-order valence-electron chi connectivity index (χ1n) is 5.53. The Labute approximate surface area is 91.4 Å². The van der Waals surface area contributed by atoms with Crippen LogP contribution in [0.1, 0.15) is 24.9 Å². The molecule has 2 N–H and O–H groups in total. The molecule has 0 aliphatic carbocycles. The zero-order valence-corrected chi connectivity index (χ0v) is 9.19. The van der Waals surface area contributed by atoms with E-state index in [1.165, 1.54) is 11.3 Å². The van der Waals surface area contributed by atoms with Gasteiger partial charge in [-0.25, -0.2) is 0 Å². The predicted molar refractivity (Wildman–Crippen MR) is 65.0 cm³/mol. The molecule has 1 aliphatic heterocycles. The molecular formula is C13H18N2. The maximum Gasteiger partial charge on any atom is 0.0417 e. The van der Waals surface area contributed by atoms with Crippen LogP contribution in [0.3, 0.4) is 0 Å². The molecule has 0 saturated carbocycles. The monoisotopic (exact) mass is 202 g/mol. The van der Waals surface area contributed by atoms with Crippen molar-refractivity contribution in [3.8, 4) is 0 Å². The van der Waals surface area contributed by atoms with Crippen molar-refractivity contribution in [1.29, 1.82) is 0 Å². The summed E-state index contributed by atoms with van der Waals surface area (Å²) in [6, 6.07) is 8.53. The SMILES string of the molecule is C[C@@H](N)c1ccccc1N1CC=CCC1. The molecule has 0 unspecified atom stereocenters. The zero-order valence-electron chi connectivity index (χ0n) is 9.19. The third-order valence-corrected chi connectivity index (χ3v) is 2.83. The minimum atomic E-state index is 0.104. The minimum absolute atomic E-state index is 0.104. The Balaban J connectivity index is 2.30. The molecule has 1 aromatic rings. The highest BCUT2D eigenvalue weighted by Gasteiger charge is 2.12. The van der Waals surface area contributed by atoms with Gasteiger partial charge in [-0.2, -0.15) is 0 Å². The molecule has 80 valence electrons. The van der Waals surface area contributed by atoms with Gasteiger partial charge < -0.3 is 10.6 Å². The van der Waals surface area contributed by atoms with Crippen molar-refractivity contribution in [3.05, 3.63) is 42.0 Å². The number of benzene rings is 1. The van der Waals surface area contributed by atoms with Crippen LogP contribution in [-0.2, 0) is 0 Å². The van der Waals surface area contributed by atoms with Crippen molar-refractivity contribution in [2.75, 3.05) is 18.0 Å². The van der Waals surface area contributed by atoms with Gasteiger partial charge in [0.2, 0.25) is 0 Å². The Kier molecular flexibility index (Phi) is 3.07. The Hall–Kier alpha value is -1.28. The molecule has 1 aliphatic rings. The molecule has 1 atom stereocenters. The van der Waals surface area contributed by atoms with E-state index >= 15 is 0 Å². The van der Waals surface area contributed by atoms with Crippen LogP contribution in [0.2, 0.25) is 0 Å². The van der Waals surface area contributed by atoms with E-state index in [4.69, 9.17) is 5.73 Å². The molecule has 2 rings (SSSR count). The summed E-state index contributed by atoms with van der Waals surface area (Å²) in [7, 11) is 0. The van der Waals surface area contributed by atoms with Gasteiger partial charge in [0, 0.05) is 24.8 Å². The molecule has 0 amide bonds. The standard InChI is InChI=1S/C13H18N2/c1-11(14)12-7-3-4-8-13(12)15-9-5-2-6-10-15/h2-5,7-8,11H,6,9-10,14H2,1H3/t11-/m1/s1. The van der Waals surface area contributed by atoms with Crippen molar-refractivity contribution >= 4 is 5.69 Å². The van der Waals surface area contributed by atoms with Crippen LogP contribution < -0.4 is 10.6 Å². The Morgan fingerprint density at radius 3 is 2.73 bits per heavy atom. The van der Waals surface area contributed by atoms with Crippen LogP contribution in [0.4, 0.5) is 5.69 Å². The lowest BCUT2D eigenvalue weighted by atomic mass is 10.0. The van der Waals surface area contributed by atoms with Gasteiger partial charge in [-0.1, -0.05) is 30.4 Å². The van der Waals surface area contributed by atoms with Crippen molar-refractivity contribution in [2.45, 2.75) is 19.4 Å². The summed E-state index contributed by atoms with van der Waals surface area (Å²) in [6.45, 7) is 4.14. The van der Waals surface area contributed by atoms with Crippen molar-refractivity contribution in [1.82, 2.24) is 0 Å². The maximum atomic E-state index is 5.98. The van der Waals surface area contributed by atoms with Crippen molar-refractivity contribution < 1.29 is 0 Å². The van der Waals surface area contributed by atoms with E-state index in [0.717, 1.165) is 19.5 Å². The van der Waals surface area contributed by atoms with Gasteiger partial charge in [0.25, 0.3) is 0 Å². The highest BCUT2D eigenvalue weighted by Crippen LogP contribution is 2.26. The number of anilines is 1. The fourth-order valence-electron chi connectivity index (χ4n) is 2.02. The Morgan fingerprint density at radius 2 is 2.07 bits per heavy atom. The maximum absolute atomic E-state index is 5.98. The minimum Gasteiger partial charge on any atom is -0.367 e. The largest absolute Gasteiger partial charge is 0.367 e. The topological polar surface area (TPSA) is 29.3 Å². The van der Waals surface area contributed by atoms with E-state index in [-0.39, 0.29) is 6.04 Å². The molecule has 1 aromatic carbocycles. The summed E-state index contributed by atoms with van der Waals surface area (Å²) in [4.78, 5) is 2.39. The van der Waals surface area contributed by atoms with Crippen LogP contribution in [0.15, 0.2) is 36.4 Å². The zero-order chi connectivity index (χ0) is 10.7. The second kappa shape index (κ2) is 4.49. The summed E-state index contributed by atoms with van der Waals surface area (Å²) in [5.74, 6) is 0. The van der Waals surface area contributed by atoms with Gasteiger partial charge in [-0.3, -0.25) is 0 Å². The molecule has 0 saturated heterocycles. The molecule has 0 spiro atoms. The van der Waals surface area contributed by atoms with Gasteiger partial charge in [-0.15, -0.1) is 0 Å². The van der Waals surface area contributed by atoms with E-state index in [2.05, 4.69) is 41.3 Å².